The van der Waals surface area contributed by atoms with Gasteiger partial charge < -0.3 is 4.74 Å². The van der Waals surface area contributed by atoms with E-state index in [1.807, 2.05) is 0 Å². The third kappa shape index (κ3) is 3.71. The first-order valence-corrected chi connectivity index (χ1v) is 7.84. The van der Waals surface area contributed by atoms with Gasteiger partial charge in [-0.25, -0.2) is 4.39 Å². The lowest BCUT2D eigenvalue weighted by atomic mass is 10.0. The Balaban J connectivity index is 2.15. The van der Waals surface area contributed by atoms with Crippen LogP contribution in [0.15, 0.2) is 47.5 Å². The molecule has 0 aliphatic carbocycles. The first kappa shape index (κ1) is 18.7. The Labute approximate surface area is 151 Å². The lowest BCUT2D eigenvalue weighted by Crippen LogP contribution is -2.18. The minimum absolute atomic E-state index is 0.117. The standard InChI is InChI=1S/C18H15F4N3O2/c1-11-7-16(26)25(12-3-5-13(6-4-12)27-10-19)9-14(11)15-8-24(2)23-17(15)18(20,21)22/h3-9H,10H2,1-2H3. The summed E-state index contributed by atoms with van der Waals surface area (Å²) < 4.78 is 59.1. The van der Waals surface area contributed by atoms with Crippen LogP contribution in [0.1, 0.15) is 11.3 Å². The Morgan fingerprint density at radius 1 is 1.11 bits per heavy atom. The van der Waals surface area contributed by atoms with Crippen molar-refractivity contribution in [3.8, 4) is 22.6 Å². The molecule has 3 aromatic rings. The summed E-state index contributed by atoms with van der Waals surface area (Å²) in [5, 5.41) is 3.51. The van der Waals surface area contributed by atoms with Crippen LogP contribution in [0.5, 0.6) is 5.75 Å². The van der Waals surface area contributed by atoms with Gasteiger partial charge in [-0.15, -0.1) is 0 Å². The zero-order valence-electron chi connectivity index (χ0n) is 14.4. The average Bonchev–Trinajstić information content (AvgIpc) is 2.98. The van der Waals surface area contributed by atoms with E-state index in [9.17, 15) is 22.4 Å². The fourth-order valence-corrected chi connectivity index (χ4v) is 2.77. The summed E-state index contributed by atoms with van der Waals surface area (Å²) >= 11 is 0. The van der Waals surface area contributed by atoms with E-state index in [0.29, 0.717) is 11.3 Å². The number of benzene rings is 1. The molecule has 0 N–H and O–H groups in total. The first-order chi connectivity index (χ1) is 12.7. The number of pyridine rings is 1. The molecule has 2 aromatic heterocycles. The third-order valence-corrected chi connectivity index (χ3v) is 3.98. The van der Waals surface area contributed by atoms with E-state index in [2.05, 4.69) is 5.10 Å². The predicted octanol–water partition coefficient (Wildman–Crippen LogP) is 3.87. The van der Waals surface area contributed by atoms with Gasteiger partial charge in [-0.05, 0) is 36.8 Å². The number of alkyl halides is 4. The predicted molar refractivity (Wildman–Crippen MR) is 90.6 cm³/mol. The summed E-state index contributed by atoms with van der Waals surface area (Å²) in [6.07, 6.45) is -2.03. The summed E-state index contributed by atoms with van der Waals surface area (Å²) in [5.74, 6) is 0.272. The van der Waals surface area contributed by atoms with E-state index in [1.165, 1.54) is 54.3 Å². The Morgan fingerprint density at radius 3 is 2.37 bits per heavy atom. The maximum Gasteiger partial charge on any atom is 0.435 e. The summed E-state index contributed by atoms with van der Waals surface area (Å²) in [6, 6.07) is 7.21. The minimum atomic E-state index is -4.63. The van der Waals surface area contributed by atoms with Crippen molar-refractivity contribution in [1.29, 1.82) is 0 Å². The van der Waals surface area contributed by atoms with Gasteiger partial charge in [0, 0.05) is 42.3 Å². The fourth-order valence-electron chi connectivity index (χ4n) is 2.77. The van der Waals surface area contributed by atoms with Gasteiger partial charge in [0.1, 0.15) is 5.75 Å². The highest BCUT2D eigenvalue weighted by molar-refractivity contribution is 5.69. The Hall–Kier alpha value is -3.10. The van der Waals surface area contributed by atoms with E-state index in [-0.39, 0.29) is 16.9 Å². The molecule has 0 aliphatic heterocycles. The van der Waals surface area contributed by atoms with Crippen molar-refractivity contribution in [2.75, 3.05) is 6.86 Å². The second-order valence-electron chi connectivity index (χ2n) is 5.89. The number of nitrogens with zero attached hydrogens (tertiary/aromatic N) is 3. The van der Waals surface area contributed by atoms with E-state index < -0.39 is 24.3 Å². The molecular weight excluding hydrogens is 366 g/mol. The maximum atomic E-state index is 13.3. The highest BCUT2D eigenvalue weighted by Crippen LogP contribution is 2.36. The van der Waals surface area contributed by atoms with Crippen molar-refractivity contribution >= 4 is 0 Å². The summed E-state index contributed by atoms with van der Waals surface area (Å²) in [7, 11) is 1.40. The fraction of sp³-hybridized carbons (Fsp3) is 0.222. The van der Waals surface area contributed by atoms with E-state index in [1.54, 1.807) is 6.92 Å². The number of halogens is 4. The number of aryl methyl sites for hydroxylation is 2. The number of hydrogen-bond donors (Lipinski definition) is 0. The normalized spacial score (nSPS) is 11.6. The zero-order chi connectivity index (χ0) is 19.8. The molecule has 0 fully saturated rings. The van der Waals surface area contributed by atoms with Crippen molar-refractivity contribution in [2.45, 2.75) is 13.1 Å². The van der Waals surface area contributed by atoms with Gasteiger partial charge in [-0.1, -0.05) is 0 Å². The Kier molecular flexibility index (Phi) is 4.77. The maximum absolute atomic E-state index is 13.3. The van der Waals surface area contributed by atoms with E-state index in [4.69, 9.17) is 4.74 Å². The van der Waals surface area contributed by atoms with Gasteiger partial charge >= 0.3 is 6.18 Å². The van der Waals surface area contributed by atoms with Crippen LogP contribution < -0.4 is 10.3 Å². The molecule has 3 rings (SSSR count). The van der Waals surface area contributed by atoms with Crippen molar-refractivity contribution in [2.24, 2.45) is 7.05 Å². The second-order valence-corrected chi connectivity index (χ2v) is 5.89. The lowest BCUT2D eigenvalue weighted by molar-refractivity contribution is -0.140. The smallest absolute Gasteiger partial charge is 0.435 e. The van der Waals surface area contributed by atoms with Gasteiger partial charge in [-0.2, -0.15) is 18.3 Å². The molecule has 0 aliphatic rings. The van der Waals surface area contributed by atoms with Gasteiger partial charge in [0.15, 0.2) is 5.69 Å². The molecule has 27 heavy (non-hydrogen) atoms. The largest absolute Gasteiger partial charge is 0.463 e. The van der Waals surface area contributed by atoms with Crippen LogP contribution >= 0.6 is 0 Å². The molecule has 0 atom stereocenters. The van der Waals surface area contributed by atoms with Crippen LogP contribution in [0, 0.1) is 6.92 Å². The summed E-state index contributed by atoms with van der Waals surface area (Å²) in [4.78, 5) is 12.4. The molecule has 1 aromatic carbocycles. The van der Waals surface area contributed by atoms with E-state index >= 15 is 0 Å². The lowest BCUT2D eigenvalue weighted by Gasteiger charge is -2.13. The Morgan fingerprint density at radius 2 is 1.78 bits per heavy atom. The third-order valence-electron chi connectivity index (χ3n) is 3.98. The first-order valence-electron chi connectivity index (χ1n) is 7.84. The van der Waals surface area contributed by atoms with Crippen molar-refractivity contribution < 1.29 is 22.3 Å². The molecule has 0 unspecified atom stereocenters. The van der Waals surface area contributed by atoms with Gasteiger partial charge in [0.2, 0.25) is 6.86 Å². The molecule has 0 spiro atoms. The van der Waals surface area contributed by atoms with Crippen LogP contribution in [0.25, 0.3) is 16.8 Å². The van der Waals surface area contributed by atoms with E-state index in [0.717, 1.165) is 4.68 Å². The molecular formula is C18H15F4N3O2. The minimum Gasteiger partial charge on any atom is -0.463 e. The monoisotopic (exact) mass is 381 g/mol. The molecule has 142 valence electrons. The van der Waals surface area contributed by atoms with Crippen molar-refractivity contribution in [3.63, 3.8) is 0 Å². The number of aromatic nitrogens is 3. The number of rotatable bonds is 4. The molecule has 0 bridgehead atoms. The molecule has 2 heterocycles. The molecule has 0 saturated heterocycles. The van der Waals surface area contributed by atoms with Gasteiger partial charge in [-0.3, -0.25) is 14.0 Å². The topological polar surface area (TPSA) is 49.0 Å². The molecule has 5 nitrogen and oxygen atoms in total. The average molecular weight is 381 g/mol. The van der Waals surface area contributed by atoms with Crippen molar-refractivity contribution in [3.05, 3.63) is 64.3 Å². The molecule has 0 amide bonds. The van der Waals surface area contributed by atoms with Crippen molar-refractivity contribution in [1.82, 2.24) is 14.3 Å². The SMILES string of the molecule is Cc1cc(=O)n(-c2ccc(OCF)cc2)cc1-c1cn(C)nc1C(F)(F)F. The van der Waals surface area contributed by atoms with Gasteiger partial charge in [0.05, 0.1) is 0 Å². The highest BCUT2D eigenvalue weighted by Gasteiger charge is 2.37. The quantitative estimate of drug-likeness (QED) is 0.645. The molecule has 0 saturated carbocycles. The van der Waals surface area contributed by atoms with Gasteiger partial charge in [0.25, 0.3) is 5.56 Å². The van der Waals surface area contributed by atoms with Crippen LogP contribution in [-0.2, 0) is 13.2 Å². The second kappa shape index (κ2) is 6.90. The number of hydrogen-bond acceptors (Lipinski definition) is 3. The van der Waals surface area contributed by atoms with Crippen LogP contribution in [-0.4, -0.2) is 21.2 Å². The zero-order valence-corrected chi connectivity index (χ0v) is 14.4. The van der Waals surface area contributed by atoms with Crippen LogP contribution in [0.4, 0.5) is 17.6 Å². The van der Waals surface area contributed by atoms with Crippen LogP contribution in [0.2, 0.25) is 0 Å². The summed E-state index contributed by atoms with van der Waals surface area (Å²) in [5.41, 5.74) is -0.511. The molecule has 0 radical (unpaired) electrons. The van der Waals surface area contributed by atoms with Crippen LogP contribution in [0.3, 0.4) is 0 Å². The Bertz CT molecular complexity index is 1020. The summed E-state index contributed by atoms with van der Waals surface area (Å²) in [6.45, 7) is 0.571. The molecule has 9 heteroatoms. The number of ether oxygens (including phenoxy) is 1. The highest BCUT2D eigenvalue weighted by atomic mass is 19.4.